The first-order chi connectivity index (χ1) is 23.3. The molecule has 0 N–H and O–H groups in total. The highest BCUT2D eigenvalue weighted by atomic mass is 15.2. The van der Waals surface area contributed by atoms with Crippen molar-refractivity contribution in [1.29, 1.82) is 0 Å². The minimum atomic E-state index is 0.0641. The van der Waals surface area contributed by atoms with Gasteiger partial charge in [0.15, 0.2) is 0 Å². The highest BCUT2D eigenvalue weighted by molar-refractivity contribution is 6.02. The summed E-state index contributed by atoms with van der Waals surface area (Å²) in [5.41, 5.74) is 16.4. The molecule has 3 nitrogen and oxygen atoms in total. The van der Waals surface area contributed by atoms with Crippen LogP contribution < -0.4 is 4.90 Å². The maximum absolute atomic E-state index is 4.80. The Hall–Kier alpha value is -5.54. The molecule has 0 radical (unpaired) electrons. The number of rotatable bonds is 7. The number of aromatic nitrogens is 2. The number of para-hydroxylation sites is 1. The highest BCUT2D eigenvalue weighted by Gasteiger charge is 2.28. The fourth-order valence-electron chi connectivity index (χ4n) is 7.82. The van der Waals surface area contributed by atoms with Crippen LogP contribution in [-0.2, 0) is 0 Å². The molecule has 0 atom stereocenters. The number of fused-ring (bicyclic) bond motifs is 1. The lowest BCUT2D eigenvalue weighted by Crippen LogP contribution is -2.15. The minimum absolute atomic E-state index is 0.0641. The summed E-state index contributed by atoms with van der Waals surface area (Å²) in [5, 5.41) is 2.40. The largest absolute Gasteiger partial charge is 0.294 e. The lowest BCUT2D eigenvalue weighted by Gasteiger charge is -2.31. The molecule has 0 saturated carbocycles. The van der Waals surface area contributed by atoms with Crippen LogP contribution in [0.1, 0.15) is 56.0 Å². The average molecular weight is 624 g/mol. The SMILES string of the molecule is Cc1cc(C)c(C(c2c(C)cc(C)cc2C)c2ccc(N(c3ccncn3)c3ccccc3-c3ccccc3)c3ccccc23)c(C)c1. The molecule has 1 aromatic heterocycles. The predicted octanol–water partition coefficient (Wildman–Crippen LogP) is 11.8. The highest BCUT2D eigenvalue weighted by Crippen LogP contribution is 2.47. The van der Waals surface area contributed by atoms with Crippen LogP contribution in [0.4, 0.5) is 17.2 Å². The normalized spacial score (nSPS) is 11.3. The second kappa shape index (κ2) is 12.9. The van der Waals surface area contributed by atoms with E-state index in [-0.39, 0.29) is 5.92 Å². The van der Waals surface area contributed by atoms with E-state index < -0.39 is 0 Å². The Morgan fingerprint density at radius 2 is 1.08 bits per heavy atom. The Morgan fingerprint density at radius 3 is 1.69 bits per heavy atom. The van der Waals surface area contributed by atoms with E-state index in [0.29, 0.717) is 0 Å². The molecule has 6 aromatic carbocycles. The first-order valence-electron chi connectivity index (χ1n) is 16.7. The lowest BCUT2D eigenvalue weighted by atomic mass is 9.75. The van der Waals surface area contributed by atoms with Crippen LogP contribution >= 0.6 is 0 Å². The van der Waals surface area contributed by atoms with Crippen molar-refractivity contribution in [2.45, 2.75) is 47.5 Å². The van der Waals surface area contributed by atoms with Gasteiger partial charge in [-0.1, -0.05) is 114 Å². The summed E-state index contributed by atoms with van der Waals surface area (Å²) in [6, 6.07) is 44.0. The zero-order chi connectivity index (χ0) is 33.4. The molecule has 0 aliphatic carbocycles. The zero-order valence-electron chi connectivity index (χ0n) is 28.6. The van der Waals surface area contributed by atoms with Crippen molar-refractivity contribution in [3.63, 3.8) is 0 Å². The van der Waals surface area contributed by atoms with Gasteiger partial charge in [0.25, 0.3) is 0 Å². The molecule has 0 spiro atoms. The van der Waals surface area contributed by atoms with Crippen molar-refractivity contribution in [2.75, 3.05) is 4.90 Å². The molecule has 7 aromatic rings. The maximum atomic E-state index is 4.80. The van der Waals surface area contributed by atoms with E-state index in [1.165, 1.54) is 60.8 Å². The molecule has 7 rings (SSSR count). The molecule has 0 aliphatic rings. The lowest BCUT2D eigenvalue weighted by molar-refractivity contribution is 0.928. The van der Waals surface area contributed by atoms with Crippen LogP contribution in [0.25, 0.3) is 21.9 Å². The molecule has 3 heteroatoms. The number of nitrogens with zero attached hydrogens (tertiary/aromatic N) is 3. The zero-order valence-corrected chi connectivity index (χ0v) is 28.6. The van der Waals surface area contributed by atoms with E-state index in [1.54, 1.807) is 6.33 Å². The summed E-state index contributed by atoms with van der Waals surface area (Å²) >= 11 is 0. The van der Waals surface area contributed by atoms with Crippen LogP contribution in [-0.4, -0.2) is 9.97 Å². The molecule has 236 valence electrons. The van der Waals surface area contributed by atoms with Gasteiger partial charge in [-0.2, -0.15) is 0 Å². The minimum Gasteiger partial charge on any atom is -0.294 e. The molecule has 0 fully saturated rings. The molecule has 1 heterocycles. The van der Waals surface area contributed by atoms with Gasteiger partial charge >= 0.3 is 0 Å². The van der Waals surface area contributed by atoms with Crippen molar-refractivity contribution >= 4 is 28.0 Å². The van der Waals surface area contributed by atoms with Crippen molar-refractivity contribution in [3.05, 3.63) is 184 Å². The molecule has 0 aliphatic heterocycles. The van der Waals surface area contributed by atoms with E-state index >= 15 is 0 Å². The van der Waals surface area contributed by atoms with Crippen LogP contribution in [0.3, 0.4) is 0 Å². The van der Waals surface area contributed by atoms with Crippen molar-refractivity contribution < 1.29 is 0 Å². The van der Waals surface area contributed by atoms with Crippen LogP contribution in [0.5, 0.6) is 0 Å². The van der Waals surface area contributed by atoms with Gasteiger partial charge in [-0.3, -0.25) is 4.90 Å². The number of hydrogen-bond donors (Lipinski definition) is 0. The Bertz CT molecular complexity index is 2150. The monoisotopic (exact) mass is 623 g/mol. The summed E-state index contributed by atoms with van der Waals surface area (Å²) in [5.74, 6) is 0.882. The van der Waals surface area contributed by atoms with Gasteiger partial charge in [0, 0.05) is 23.1 Å². The molecule has 0 unspecified atom stereocenters. The Kier molecular flexibility index (Phi) is 8.37. The first kappa shape index (κ1) is 31.1. The van der Waals surface area contributed by atoms with Crippen LogP contribution in [0.2, 0.25) is 0 Å². The Balaban J connectivity index is 1.53. The van der Waals surface area contributed by atoms with Gasteiger partial charge in [-0.25, -0.2) is 9.97 Å². The summed E-state index contributed by atoms with van der Waals surface area (Å²) in [4.78, 5) is 11.4. The van der Waals surface area contributed by atoms with E-state index in [1.807, 2.05) is 12.3 Å². The first-order valence-corrected chi connectivity index (χ1v) is 16.7. The quantitative estimate of drug-likeness (QED) is 0.165. The fourth-order valence-corrected chi connectivity index (χ4v) is 7.82. The van der Waals surface area contributed by atoms with Gasteiger partial charge in [-0.05, 0) is 110 Å². The van der Waals surface area contributed by atoms with E-state index in [2.05, 4.69) is 167 Å². The van der Waals surface area contributed by atoms with E-state index in [0.717, 1.165) is 28.3 Å². The third kappa shape index (κ3) is 5.66. The molecular formula is C45H41N3. The Morgan fingerprint density at radius 1 is 0.521 bits per heavy atom. The molecule has 0 amide bonds. The summed E-state index contributed by atoms with van der Waals surface area (Å²) in [6.07, 6.45) is 3.45. The van der Waals surface area contributed by atoms with Gasteiger partial charge in [0.2, 0.25) is 0 Å². The summed E-state index contributed by atoms with van der Waals surface area (Å²) in [7, 11) is 0. The van der Waals surface area contributed by atoms with E-state index in [4.69, 9.17) is 4.98 Å². The van der Waals surface area contributed by atoms with Gasteiger partial charge in [-0.15, -0.1) is 0 Å². The van der Waals surface area contributed by atoms with Crippen LogP contribution in [0, 0.1) is 41.5 Å². The number of benzene rings is 6. The second-order valence-electron chi connectivity index (χ2n) is 13.1. The summed E-state index contributed by atoms with van der Waals surface area (Å²) < 4.78 is 0. The molecule has 0 saturated heterocycles. The number of hydrogen-bond acceptors (Lipinski definition) is 3. The fraction of sp³-hybridized carbons (Fsp3) is 0.156. The standard InChI is InChI=1S/C45H41N3/c1-29-24-31(3)43(32(4)25-29)45(44-33(5)26-30(2)27-34(44)6)39-20-21-41(38-18-11-10-17-37(38)39)48(42-22-23-46-28-47-42)40-19-13-12-16-36(40)35-14-8-7-9-15-35/h7-28,45H,1-6H3. The molecular weight excluding hydrogens is 583 g/mol. The van der Waals surface area contributed by atoms with Crippen molar-refractivity contribution in [1.82, 2.24) is 9.97 Å². The van der Waals surface area contributed by atoms with Crippen LogP contribution in [0.15, 0.2) is 134 Å². The summed E-state index contributed by atoms with van der Waals surface area (Å²) in [6.45, 7) is 13.5. The number of anilines is 3. The third-order valence-corrected chi connectivity index (χ3v) is 9.57. The van der Waals surface area contributed by atoms with Gasteiger partial charge in [0.1, 0.15) is 12.1 Å². The average Bonchev–Trinajstić information content (AvgIpc) is 3.08. The molecule has 48 heavy (non-hydrogen) atoms. The predicted molar refractivity (Wildman–Crippen MR) is 202 cm³/mol. The van der Waals surface area contributed by atoms with Gasteiger partial charge < -0.3 is 0 Å². The third-order valence-electron chi connectivity index (χ3n) is 9.57. The molecule has 0 bridgehead atoms. The number of aryl methyl sites for hydroxylation is 6. The van der Waals surface area contributed by atoms with Gasteiger partial charge in [0.05, 0.1) is 11.4 Å². The Labute approximate surface area is 284 Å². The van der Waals surface area contributed by atoms with Crippen molar-refractivity contribution in [2.24, 2.45) is 0 Å². The maximum Gasteiger partial charge on any atom is 0.140 e. The topological polar surface area (TPSA) is 29.0 Å². The van der Waals surface area contributed by atoms with Crippen molar-refractivity contribution in [3.8, 4) is 11.1 Å². The van der Waals surface area contributed by atoms with E-state index in [9.17, 15) is 0 Å². The second-order valence-corrected chi connectivity index (χ2v) is 13.1. The smallest absolute Gasteiger partial charge is 0.140 e.